The fraction of sp³-hybridized carbons (Fsp3) is 0.571. The van der Waals surface area contributed by atoms with E-state index in [0.717, 1.165) is 44.2 Å². The van der Waals surface area contributed by atoms with E-state index in [0.29, 0.717) is 11.6 Å². The van der Waals surface area contributed by atoms with Gasteiger partial charge in [-0.3, -0.25) is 4.90 Å². The fourth-order valence-corrected chi connectivity index (χ4v) is 2.27. The van der Waals surface area contributed by atoms with Crippen LogP contribution in [0.5, 0.6) is 5.75 Å². The molecule has 1 atom stereocenters. The van der Waals surface area contributed by atoms with Crippen molar-refractivity contribution in [1.82, 2.24) is 4.90 Å². The number of nitrogens with zero attached hydrogens (tertiary/aromatic N) is 1. The van der Waals surface area contributed by atoms with Gasteiger partial charge in [0.2, 0.25) is 0 Å². The summed E-state index contributed by atoms with van der Waals surface area (Å²) < 4.78 is 11.0. The van der Waals surface area contributed by atoms with Gasteiger partial charge in [0.15, 0.2) is 0 Å². The van der Waals surface area contributed by atoms with E-state index in [4.69, 9.17) is 26.8 Å². The molecule has 1 aromatic rings. The third-order valence-corrected chi connectivity index (χ3v) is 3.55. The van der Waals surface area contributed by atoms with Crippen molar-refractivity contribution < 1.29 is 9.47 Å². The molecule has 1 aliphatic heterocycles. The Morgan fingerprint density at radius 2 is 2.16 bits per heavy atom. The normalized spacial score (nSPS) is 18.3. The van der Waals surface area contributed by atoms with Gasteiger partial charge in [0.25, 0.3) is 0 Å². The summed E-state index contributed by atoms with van der Waals surface area (Å²) in [5, 5.41) is 0.622. The summed E-state index contributed by atoms with van der Waals surface area (Å²) in [6.07, 6.45) is 0. The zero-order chi connectivity index (χ0) is 13.7. The van der Waals surface area contributed by atoms with Gasteiger partial charge >= 0.3 is 0 Å². The topological polar surface area (TPSA) is 47.7 Å². The van der Waals surface area contributed by atoms with E-state index in [1.54, 1.807) is 0 Å². The molecule has 0 aliphatic carbocycles. The number of ether oxygens (including phenoxy) is 2. The van der Waals surface area contributed by atoms with Gasteiger partial charge in [-0.1, -0.05) is 17.7 Å². The number of hydrogen-bond acceptors (Lipinski definition) is 4. The number of nitrogens with two attached hydrogens (primary N) is 1. The molecule has 0 saturated carbocycles. The Labute approximate surface area is 119 Å². The number of hydrogen-bond donors (Lipinski definition) is 1. The van der Waals surface area contributed by atoms with Gasteiger partial charge in [0, 0.05) is 25.7 Å². The van der Waals surface area contributed by atoms with Crippen LogP contribution >= 0.6 is 11.6 Å². The molecule has 0 radical (unpaired) electrons. The summed E-state index contributed by atoms with van der Waals surface area (Å²) in [6.45, 7) is 7.03. The summed E-state index contributed by atoms with van der Waals surface area (Å²) in [6, 6.07) is 5.71. The highest BCUT2D eigenvalue weighted by Gasteiger charge is 2.11. The van der Waals surface area contributed by atoms with Gasteiger partial charge in [0.1, 0.15) is 12.4 Å². The van der Waals surface area contributed by atoms with Crippen LogP contribution in [0.25, 0.3) is 0 Å². The number of morpholine rings is 1. The molecule has 2 N–H and O–H groups in total. The number of benzene rings is 1. The first-order valence-electron chi connectivity index (χ1n) is 6.65. The van der Waals surface area contributed by atoms with Crippen molar-refractivity contribution in [3.8, 4) is 5.75 Å². The lowest BCUT2D eigenvalue weighted by atomic mass is 10.1. The van der Waals surface area contributed by atoms with Crippen molar-refractivity contribution in [2.45, 2.75) is 13.0 Å². The quantitative estimate of drug-likeness (QED) is 0.899. The van der Waals surface area contributed by atoms with E-state index in [-0.39, 0.29) is 6.04 Å². The summed E-state index contributed by atoms with van der Waals surface area (Å²) in [4.78, 5) is 2.33. The Balaban J connectivity index is 1.82. The smallest absolute Gasteiger partial charge is 0.137 e. The first kappa shape index (κ1) is 14.6. The third kappa shape index (κ3) is 4.35. The van der Waals surface area contributed by atoms with Crippen LogP contribution in [0, 0.1) is 0 Å². The molecule has 1 aliphatic rings. The zero-order valence-corrected chi connectivity index (χ0v) is 12.0. The molecular formula is C14H21ClN2O2. The minimum atomic E-state index is -0.0140. The monoisotopic (exact) mass is 284 g/mol. The van der Waals surface area contributed by atoms with Gasteiger partial charge < -0.3 is 15.2 Å². The SMILES string of the molecule is C[C@H](N)c1ccc(OCCN2CCOCC2)c(Cl)c1. The second kappa shape index (κ2) is 7.10. The van der Waals surface area contributed by atoms with E-state index in [1.165, 1.54) is 0 Å². The van der Waals surface area contributed by atoms with E-state index in [9.17, 15) is 0 Å². The van der Waals surface area contributed by atoms with Gasteiger partial charge in [-0.2, -0.15) is 0 Å². The molecule has 106 valence electrons. The molecule has 0 spiro atoms. The maximum absolute atomic E-state index is 6.18. The molecule has 1 heterocycles. The highest BCUT2D eigenvalue weighted by molar-refractivity contribution is 6.32. The van der Waals surface area contributed by atoms with Gasteiger partial charge in [0.05, 0.1) is 18.2 Å². The first-order chi connectivity index (χ1) is 9.16. The molecule has 2 rings (SSSR count). The molecule has 0 unspecified atom stereocenters. The molecular weight excluding hydrogens is 264 g/mol. The Morgan fingerprint density at radius 1 is 1.42 bits per heavy atom. The number of halogens is 1. The third-order valence-electron chi connectivity index (χ3n) is 3.25. The maximum atomic E-state index is 6.18. The Morgan fingerprint density at radius 3 is 2.79 bits per heavy atom. The molecule has 5 heteroatoms. The molecule has 0 amide bonds. The van der Waals surface area contributed by atoms with Crippen LogP contribution in [-0.4, -0.2) is 44.4 Å². The average molecular weight is 285 g/mol. The average Bonchev–Trinajstić information content (AvgIpc) is 2.41. The molecule has 0 bridgehead atoms. The highest BCUT2D eigenvalue weighted by atomic mass is 35.5. The summed E-state index contributed by atoms with van der Waals surface area (Å²) in [7, 11) is 0. The second-order valence-corrected chi connectivity index (χ2v) is 5.19. The zero-order valence-electron chi connectivity index (χ0n) is 11.3. The molecule has 1 aromatic carbocycles. The van der Waals surface area contributed by atoms with Crippen LogP contribution in [0.3, 0.4) is 0 Å². The minimum Gasteiger partial charge on any atom is -0.491 e. The largest absolute Gasteiger partial charge is 0.491 e. The predicted octanol–water partition coefficient (Wildman–Crippen LogP) is 2.07. The van der Waals surface area contributed by atoms with Gasteiger partial charge in [-0.25, -0.2) is 0 Å². The summed E-state index contributed by atoms with van der Waals surface area (Å²) in [5.41, 5.74) is 6.83. The van der Waals surface area contributed by atoms with E-state index < -0.39 is 0 Å². The second-order valence-electron chi connectivity index (χ2n) is 4.78. The van der Waals surface area contributed by atoms with Crippen molar-refractivity contribution in [2.75, 3.05) is 39.5 Å². The standard InChI is InChI=1S/C14H21ClN2O2/c1-11(16)12-2-3-14(13(15)10-12)19-9-6-17-4-7-18-8-5-17/h2-3,10-11H,4-9,16H2,1H3/t11-/m0/s1. The van der Waals surface area contributed by atoms with Crippen molar-refractivity contribution in [1.29, 1.82) is 0 Å². The van der Waals surface area contributed by atoms with E-state index in [1.807, 2.05) is 25.1 Å². The van der Waals surface area contributed by atoms with E-state index in [2.05, 4.69) is 4.90 Å². The van der Waals surface area contributed by atoms with Crippen LogP contribution in [0.4, 0.5) is 0 Å². The first-order valence-corrected chi connectivity index (χ1v) is 7.02. The fourth-order valence-electron chi connectivity index (χ4n) is 2.03. The van der Waals surface area contributed by atoms with Crippen molar-refractivity contribution >= 4 is 11.6 Å². The van der Waals surface area contributed by atoms with Crippen LogP contribution in [0.1, 0.15) is 18.5 Å². The Bertz CT molecular complexity index is 406. The predicted molar refractivity (Wildman–Crippen MR) is 76.8 cm³/mol. The minimum absolute atomic E-state index is 0.0140. The van der Waals surface area contributed by atoms with Crippen molar-refractivity contribution in [3.63, 3.8) is 0 Å². The van der Waals surface area contributed by atoms with Crippen LogP contribution in [0.15, 0.2) is 18.2 Å². The van der Waals surface area contributed by atoms with Gasteiger partial charge in [-0.05, 0) is 24.6 Å². The van der Waals surface area contributed by atoms with Crippen LogP contribution < -0.4 is 10.5 Å². The molecule has 1 saturated heterocycles. The van der Waals surface area contributed by atoms with Crippen molar-refractivity contribution in [2.24, 2.45) is 5.73 Å². The lowest BCUT2D eigenvalue weighted by Crippen LogP contribution is -2.38. The van der Waals surface area contributed by atoms with Crippen molar-refractivity contribution in [3.05, 3.63) is 28.8 Å². The van der Waals surface area contributed by atoms with E-state index >= 15 is 0 Å². The Hall–Kier alpha value is -0.810. The molecule has 4 nitrogen and oxygen atoms in total. The lowest BCUT2D eigenvalue weighted by molar-refractivity contribution is 0.0322. The summed E-state index contributed by atoms with van der Waals surface area (Å²) >= 11 is 6.18. The highest BCUT2D eigenvalue weighted by Crippen LogP contribution is 2.27. The Kier molecular flexibility index (Phi) is 5.45. The molecule has 19 heavy (non-hydrogen) atoms. The van der Waals surface area contributed by atoms with Crippen LogP contribution in [-0.2, 0) is 4.74 Å². The number of rotatable bonds is 5. The molecule has 1 fully saturated rings. The van der Waals surface area contributed by atoms with Crippen LogP contribution in [0.2, 0.25) is 5.02 Å². The maximum Gasteiger partial charge on any atom is 0.137 e. The molecule has 0 aromatic heterocycles. The summed E-state index contributed by atoms with van der Waals surface area (Å²) in [5.74, 6) is 0.722. The van der Waals surface area contributed by atoms with Gasteiger partial charge in [-0.15, -0.1) is 0 Å². The lowest BCUT2D eigenvalue weighted by Gasteiger charge is -2.26.